The summed E-state index contributed by atoms with van der Waals surface area (Å²) in [5.74, 6) is -1.69. The highest BCUT2D eigenvalue weighted by Gasteiger charge is 2.16. The molecule has 8 nitrogen and oxygen atoms in total. The van der Waals surface area contributed by atoms with Gasteiger partial charge in [-0.1, -0.05) is 11.6 Å². The molecule has 0 aliphatic carbocycles. The molecule has 22 heavy (non-hydrogen) atoms. The lowest BCUT2D eigenvalue weighted by atomic mass is 10.3. The van der Waals surface area contributed by atoms with Crippen LogP contribution in [-0.4, -0.2) is 34.6 Å². The van der Waals surface area contributed by atoms with Crippen molar-refractivity contribution in [2.24, 2.45) is 5.14 Å². The summed E-state index contributed by atoms with van der Waals surface area (Å²) in [6.45, 7) is 0. The number of carbonyl (C=O) groups excluding carboxylic acids is 2. The van der Waals surface area contributed by atoms with E-state index in [-0.39, 0.29) is 21.3 Å². The lowest BCUT2D eigenvalue weighted by Gasteiger charge is -2.11. The maximum atomic E-state index is 11.6. The number of ether oxygens (including phenoxy) is 2. The van der Waals surface area contributed by atoms with E-state index in [4.69, 9.17) is 16.7 Å². The van der Waals surface area contributed by atoms with E-state index in [1.54, 1.807) is 0 Å². The van der Waals surface area contributed by atoms with E-state index >= 15 is 0 Å². The first kappa shape index (κ1) is 18.0. The first-order valence-corrected chi connectivity index (χ1v) is 7.58. The summed E-state index contributed by atoms with van der Waals surface area (Å²) < 4.78 is 31.6. The summed E-state index contributed by atoms with van der Waals surface area (Å²) in [4.78, 5) is 22.6. The van der Waals surface area contributed by atoms with Gasteiger partial charge in [0.25, 0.3) is 0 Å². The van der Waals surface area contributed by atoms with Crippen molar-refractivity contribution in [1.82, 2.24) is 0 Å². The van der Waals surface area contributed by atoms with Gasteiger partial charge in [-0.3, -0.25) is 0 Å². The molecule has 1 aromatic carbocycles. The summed E-state index contributed by atoms with van der Waals surface area (Å²) in [6.07, 6.45) is 0.839. The molecule has 0 spiro atoms. The molecule has 0 radical (unpaired) electrons. The van der Waals surface area contributed by atoms with Crippen LogP contribution in [0, 0.1) is 0 Å². The molecule has 0 unspecified atom stereocenters. The lowest BCUT2D eigenvalue weighted by Crippen LogP contribution is -2.17. The van der Waals surface area contributed by atoms with Gasteiger partial charge in [0, 0.05) is 0 Å². The number of methoxy groups -OCH3 is 2. The van der Waals surface area contributed by atoms with Crippen LogP contribution in [0.3, 0.4) is 0 Å². The van der Waals surface area contributed by atoms with Gasteiger partial charge in [-0.25, -0.2) is 23.1 Å². The highest BCUT2D eigenvalue weighted by Crippen LogP contribution is 2.26. The maximum Gasteiger partial charge on any atom is 0.354 e. The molecular formula is C12H13ClN2O6S. The molecule has 0 saturated heterocycles. The third-order valence-electron chi connectivity index (χ3n) is 2.40. The van der Waals surface area contributed by atoms with Crippen molar-refractivity contribution in [1.29, 1.82) is 0 Å². The van der Waals surface area contributed by atoms with E-state index in [0.717, 1.165) is 26.4 Å². The van der Waals surface area contributed by atoms with E-state index < -0.39 is 22.0 Å². The standard InChI is InChI=1S/C12H13ClN2O6S/c1-20-11(16)6-10(12(17)21-2)15-9-5-7(22(14,18)19)3-4-8(9)13/h3-6,15H,1-2H3,(H2,14,18,19)/b10-6+. The fourth-order valence-corrected chi connectivity index (χ4v) is 2.06. The zero-order chi connectivity index (χ0) is 16.9. The molecule has 0 aliphatic heterocycles. The van der Waals surface area contributed by atoms with Crippen molar-refractivity contribution in [3.05, 3.63) is 35.0 Å². The molecule has 0 amide bonds. The quantitative estimate of drug-likeness (QED) is 0.590. The molecule has 0 atom stereocenters. The number of sulfonamides is 1. The number of benzene rings is 1. The predicted molar refractivity (Wildman–Crippen MR) is 78.6 cm³/mol. The van der Waals surface area contributed by atoms with Crippen LogP contribution in [0.2, 0.25) is 5.02 Å². The van der Waals surface area contributed by atoms with Crippen LogP contribution in [0.15, 0.2) is 34.9 Å². The summed E-state index contributed by atoms with van der Waals surface area (Å²) in [5, 5.41) is 7.63. The molecule has 10 heteroatoms. The van der Waals surface area contributed by atoms with Crippen LogP contribution in [0.5, 0.6) is 0 Å². The van der Waals surface area contributed by atoms with Crippen LogP contribution in [-0.2, 0) is 29.1 Å². The number of hydrogen-bond donors (Lipinski definition) is 2. The average molecular weight is 349 g/mol. The number of anilines is 1. The second kappa shape index (κ2) is 7.25. The molecule has 120 valence electrons. The fourth-order valence-electron chi connectivity index (χ4n) is 1.36. The van der Waals surface area contributed by atoms with Gasteiger partial charge in [0.15, 0.2) is 0 Å². The Hall–Kier alpha value is -2.10. The number of primary sulfonamides is 1. The van der Waals surface area contributed by atoms with Gasteiger partial charge in [-0.05, 0) is 18.2 Å². The summed E-state index contributed by atoms with van der Waals surface area (Å²) in [5.41, 5.74) is -0.239. The van der Waals surface area contributed by atoms with Crippen LogP contribution in [0.4, 0.5) is 5.69 Å². The molecule has 1 aromatic rings. The van der Waals surface area contributed by atoms with Crippen molar-refractivity contribution in [3.63, 3.8) is 0 Å². The molecule has 0 aliphatic rings. The Morgan fingerprint density at radius 1 is 1.27 bits per heavy atom. The van der Waals surface area contributed by atoms with Crippen molar-refractivity contribution in [2.45, 2.75) is 4.90 Å². The second-order valence-electron chi connectivity index (χ2n) is 3.88. The Kier molecular flexibility index (Phi) is 5.92. The van der Waals surface area contributed by atoms with Crippen molar-refractivity contribution in [3.8, 4) is 0 Å². The number of halogens is 1. The van der Waals surface area contributed by atoms with E-state index in [1.807, 2.05) is 0 Å². The van der Waals surface area contributed by atoms with E-state index in [0.29, 0.717) is 0 Å². The van der Waals surface area contributed by atoms with Crippen molar-refractivity contribution < 1.29 is 27.5 Å². The number of hydrogen-bond acceptors (Lipinski definition) is 7. The Bertz CT molecular complexity index is 729. The predicted octanol–water partition coefficient (Wildman–Crippen LogP) is 0.629. The van der Waals surface area contributed by atoms with Gasteiger partial charge < -0.3 is 14.8 Å². The minimum Gasteiger partial charge on any atom is -0.466 e. The van der Waals surface area contributed by atoms with Gasteiger partial charge in [-0.2, -0.15) is 0 Å². The Labute approximate surface area is 131 Å². The third kappa shape index (κ3) is 4.72. The number of esters is 2. The number of nitrogens with two attached hydrogens (primary N) is 1. The third-order valence-corrected chi connectivity index (χ3v) is 3.64. The SMILES string of the molecule is COC(=O)/C=C(/Nc1cc(S(N)(=O)=O)ccc1Cl)C(=O)OC. The van der Waals surface area contributed by atoms with Crippen LogP contribution >= 0.6 is 11.6 Å². The van der Waals surface area contributed by atoms with E-state index in [2.05, 4.69) is 14.8 Å². The Balaban J connectivity index is 3.27. The summed E-state index contributed by atoms with van der Waals surface area (Å²) in [6, 6.07) is 3.59. The van der Waals surface area contributed by atoms with E-state index in [1.165, 1.54) is 12.1 Å². The Morgan fingerprint density at radius 2 is 1.91 bits per heavy atom. The molecule has 0 heterocycles. The molecule has 0 fully saturated rings. The minimum absolute atomic E-state index is 0.0498. The lowest BCUT2D eigenvalue weighted by molar-refractivity contribution is -0.138. The first-order valence-electron chi connectivity index (χ1n) is 5.66. The number of rotatable bonds is 5. The second-order valence-corrected chi connectivity index (χ2v) is 5.85. The van der Waals surface area contributed by atoms with Gasteiger partial charge in [0.1, 0.15) is 5.70 Å². The zero-order valence-corrected chi connectivity index (χ0v) is 13.2. The topological polar surface area (TPSA) is 125 Å². The zero-order valence-electron chi connectivity index (χ0n) is 11.6. The number of carbonyl (C=O) groups is 2. The minimum atomic E-state index is -3.96. The fraction of sp³-hybridized carbons (Fsp3) is 0.167. The van der Waals surface area contributed by atoms with Crippen LogP contribution < -0.4 is 10.5 Å². The normalized spacial score (nSPS) is 11.7. The van der Waals surface area contributed by atoms with Gasteiger partial charge in [-0.15, -0.1) is 0 Å². The molecule has 3 N–H and O–H groups in total. The van der Waals surface area contributed by atoms with Crippen LogP contribution in [0.25, 0.3) is 0 Å². The maximum absolute atomic E-state index is 11.6. The van der Waals surface area contributed by atoms with Crippen molar-refractivity contribution >= 4 is 39.3 Å². The average Bonchev–Trinajstić information content (AvgIpc) is 2.46. The highest BCUT2D eigenvalue weighted by molar-refractivity contribution is 7.89. The van der Waals surface area contributed by atoms with Crippen LogP contribution in [0.1, 0.15) is 0 Å². The van der Waals surface area contributed by atoms with E-state index in [9.17, 15) is 18.0 Å². The molecule has 0 saturated carbocycles. The van der Waals surface area contributed by atoms with Gasteiger partial charge >= 0.3 is 11.9 Å². The van der Waals surface area contributed by atoms with Gasteiger partial charge in [0.2, 0.25) is 10.0 Å². The largest absolute Gasteiger partial charge is 0.466 e. The number of nitrogens with one attached hydrogen (secondary N) is 1. The van der Waals surface area contributed by atoms with Crippen molar-refractivity contribution in [2.75, 3.05) is 19.5 Å². The Morgan fingerprint density at radius 3 is 2.41 bits per heavy atom. The summed E-state index contributed by atoms with van der Waals surface area (Å²) in [7, 11) is -1.72. The molecule has 1 rings (SSSR count). The monoisotopic (exact) mass is 348 g/mol. The molecule has 0 bridgehead atoms. The van der Waals surface area contributed by atoms with Gasteiger partial charge in [0.05, 0.1) is 35.9 Å². The summed E-state index contributed by atoms with van der Waals surface area (Å²) >= 11 is 5.92. The first-order chi connectivity index (χ1) is 10.2. The molecular weight excluding hydrogens is 336 g/mol. The smallest absolute Gasteiger partial charge is 0.354 e. The molecule has 0 aromatic heterocycles. The highest BCUT2D eigenvalue weighted by atomic mass is 35.5.